The van der Waals surface area contributed by atoms with Crippen molar-refractivity contribution in [3.8, 4) is 0 Å². The lowest BCUT2D eigenvalue weighted by Gasteiger charge is -2.28. The van der Waals surface area contributed by atoms with E-state index in [1.807, 2.05) is 30.3 Å². The Morgan fingerprint density at radius 1 is 0.889 bits per heavy atom. The lowest BCUT2D eigenvalue weighted by atomic mass is 10.1. The van der Waals surface area contributed by atoms with Gasteiger partial charge in [0.05, 0.1) is 4.48 Å². The number of benzene rings is 2. The van der Waals surface area contributed by atoms with Crippen molar-refractivity contribution in [1.29, 1.82) is 0 Å². The molecular weight excluding hydrogens is 428 g/mol. The van der Waals surface area contributed by atoms with Gasteiger partial charge in [-0.05, 0) is 65.0 Å². The molecule has 140 valence electrons. The van der Waals surface area contributed by atoms with E-state index in [2.05, 4.69) is 21.2 Å². The van der Waals surface area contributed by atoms with Crippen molar-refractivity contribution in [3.63, 3.8) is 0 Å². The summed E-state index contributed by atoms with van der Waals surface area (Å²) in [4.78, 5) is 27.6. The van der Waals surface area contributed by atoms with Gasteiger partial charge in [-0.15, -0.1) is 0 Å². The maximum Gasteiger partial charge on any atom is 0.271 e. The molecule has 1 fully saturated rings. The molecule has 3 rings (SSSR count). The molecule has 2 aromatic carbocycles. The van der Waals surface area contributed by atoms with Gasteiger partial charge in [0.1, 0.15) is 5.70 Å². The van der Waals surface area contributed by atoms with Crippen LogP contribution in [0.25, 0.3) is 4.48 Å². The predicted molar refractivity (Wildman–Crippen MR) is 112 cm³/mol. The van der Waals surface area contributed by atoms with Crippen LogP contribution in [0.15, 0.2) is 60.3 Å². The highest BCUT2D eigenvalue weighted by molar-refractivity contribution is 9.15. The number of hydrogen-bond donors (Lipinski definition) is 1. The Kier molecular flexibility index (Phi) is 6.69. The summed E-state index contributed by atoms with van der Waals surface area (Å²) in [7, 11) is 0. The third-order valence-corrected chi connectivity index (χ3v) is 5.56. The minimum Gasteiger partial charge on any atom is -0.337 e. The third-order valence-electron chi connectivity index (χ3n) is 4.45. The molecule has 1 aliphatic rings. The molecular formula is C21H20BrClN2O2. The number of hydrogen-bond acceptors (Lipinski definition) is 2. The van der Waals surface area contributed by atoms with E-state index in [9.17, 15) is 9.59 Å². The van der Waals surface area contributed by atoms with Gasteiger partial charge >= 0.3 is 0 Å². The molecule has 0 unspecified atom stereocenters. The minimum atomic E-state index is -0.347. The number of rotatable bonds is 4. The van der Waals surface area contributed by atoms with Gasteiger partial charge in [-0.25, -0.2) is 0 Å². The van der Waals surface area contributed by atoms with Gasteiger partial charge in [0, 0.05) is 23.7 Å². The van der Waals surface area contributed by atoms with Crippen LogP contribution >= 0.6 is 27.5 Å². The van der Waals surface area contributed by atoms with E-state index in [1.54, 1.807) is 29.2 Å². The smallest absolute Gasteiger partial charge is 0.271 e. The molecule has 1 N–H and O–H groups in total. The molecule has 0 aromatic heterocycles. The molecule has 0 spiro atoms. The van der Waals surface area contributed by atoms with E-state index in [1.165, 1.54) is 0 Å². The van der Waals surface area contributed by atoms with Crippen molar-refractivity contribution in [2.24, 2.45) is 0 Å². The molecule has 0 bridgehead atoms. The highest BCUT2D eigenvalue weighted by Gasteiger charge is 2.25. The molecule has 1 saturated heterocycles. The summed E-state index contributed by atoms with van der Waals surface area (Å²) in [5.41, 5.74) is 1.52. The van der Waals surface area contributed by atoms with Crippen LogP contribution in [0.5, 0.6) is 0 Å². The standard InChI is InChI=1S/C21H20BrClN2O2/c22-18(15-7-3-1-4-8-15)19(21(27)25-13-5-2-6-14-25)24-20(26)16-9-11-17(23)12-10-16/h1,3-4,7-12H,2,5-6,13-14H2,(H,24,26)/b19-18+. The number of carbonyl (C=O) groups is 2. The average molecular weight is 448 g/mol. The van der Waals surface area contributed by atoms with Crippen molar-refractivity contribution in [2.45, 2.75) is 19.3 Å². The summed E-state index contributed by atoms with van der Waals surface area (Å²) in [5, 5.41) is 3.36. The maximum atomic E-state index is 13.1. The molecule has 6 heteroatoms. The number of piperidine rings is 1. The van der Waals surface area contributed by atoms with E-state index in [0.717, 1.165) is 24.8 Å². The fraction of sp³-hybridized carbons (Fsp3) is 0.238. The van der Waals surface area contributed by atoms with Gasteiger partial charge in [0.25, 0.3) is 11.8 Å². The quantitative estimate of drug-likeness (QED) is 0.681. The monoisotopic (exact) mass is 446 g/mol. The number of carbonyl (C=O) groups excluding carboxylic acids is 2. The zero-order valence-electron chi connectivity index (χ0n) is 14.8. The number of halogens is 2. The number of amides is 2. The molecule has 2 aromatic rings. The fourth-order valence-corrected chi connectivity index (χ4v) is 3.63. The summed E-state index contributed by atoms with van der Waals surface area (Å²) in [6.07, 6.45) is 3.08. The fourth-order valence-electron chi connectivity index (χ4n) is 2.97. The van der Waals surface area contributed by atoms with E-state index in [4.69, 9.17) is 11.6 Å². The van der Waals surface area contributed by atoms with Crippen molar-refractivity contribution in [3.05, 3.63) is 76.4 Å². The highest BCUT2D eigenvalue weighted by Crippen LogP contribution is 2.26. The molecule has 2 amide bonds. The molecule has 1 heterocycles. The first kappa shape index (κ1) is 19.6. The highest BCUT2D eigenvalue weighted by atomic mass is 79.9. The van der Waals surface area contributed by atoms with Gasteiger partial charge in [0.2, 0.25) is 0 Å². The van der Waals surface area contributed by atoms with Crippen LogP contribution in [-0.2, 0) is 4.79 Å². The lowest BCUT2D eigenvalue weighted by Crippen LogP contribution is -2.41. The number of nitrogens with one attached hydrogen (secondary N) is 1. The second-order valence-electron chi connectivity index (χ2n) is 6.37. The van der Waals surface area contributed by atoms with E-state index in [-0.39, 0.29) is 17.5 Å². The Balaban J connectivity index is 1.93. The van der Waals surface area contributed by atoms with Crippen LogP contribution in [0.1, 0.15) is 35.2 Å². The summed E-state index contributed by atoms with van der Waals surface area (Å²) in [6.45, 7) is 1.41. The molecule has 1 aliphatic heterocycles. The van der Waals surface area contributed by atoms with E-state index < -0.39 is 0 Å². The average Bonchev–Trinajstić information content (AvgIpc) is 2.72. The maximum absolute atomic E-state index is 13.1. The van der Waals surface area contributed by atoms with Gasteiger partial charge in [-0.2, -0.15) is 0 Å². The van der Waals surface area contributed by atoms with Crippen LogP contribution in [0, 0.1) is 0 Å². The van der Waals surface area contributed by atoms with Gasteiger partial charge in [-0.3, -0.25) is 9.59 Å². The zero-order chi connectivity index (χ0) is 19.2. The summed E-state index contributed by atoms with van der Waals surface area (Å²) in [5.74, 6) is -0.521. The minimum absolute atomic E-state index is 0.173. The Labute approximate surface area is 172 Å². The van der Waals surface area contributed by atoms with Crippen LogP contribution in [0.2, 0.25) is 5.02 Å². The molecule has 0 aliphatic carbocycles. The summed E-state index contributed by atoms with van der Waals surface area (Å²) in [6, 6.07) is 16.0. The zero-order valence-corrected chi connectivity index (χ0v) is 17.1. The lowest BCUT2D eigenvalue weighted by molar-refractivity contribution is -0.128. The first-order valence-corrected chi connectivity index (χ1v) is 10.0. The number of nitrogens with zero attached hydrogens (tertiary/aromatic N) is 1. The molecule has 0 atom stereocenters. The van der Waals surface area contributed by atoms with E-state index in [0.29, 0.717) is 28.2 Å². The topological polar surface area (TPSA) is 49.4 Å². The summed E-state index contributed by atoms with van der Waals surface area (Å²) >= 11 is 9.42. The second kappa shape index (κ2) is 9.20. The Hall–Kier alpha value is -2.11. The van der Waals surface area contributed by atoms with Crippen molar-refractivity contribution in [2.75, 3.05) is 13.1 Å². The molecule has 4 nitrogen and oxygen atoms in total. The first-order chi connectivity index (χ1) is 13.1. The number of likely N-dealkylation sites (tertiary alicyclic amines) is 1. The second-order valence-corrected chi connectivity index (χ2v) is 7.60. The third kappa shape index (κ3) is 4.99. The molecule has 0 radical (unpaired) electrons. The van der Waals surface area contributed by atoms with Crippen LogP contribution in [0.4, 0.5) is 0 Å². The Morgan fingerprint density at radius 3 is 2.15 bits per heavy atom. The van der Waals surface area contributed by atoms with Crippen molar-refractivity contribution < 1.29 is 9.59 Å². The van der Waals surface area contributed by atoms with Crippen LogP contribution < -0.4 is 5.32 Å². The Morgan fingerprint density at radius 2 is 1.52 bits per heavy atom. The van der Waals surface area contributed by atoms with Gasteiger partial charge in [-0.1, -0.05) is 41.9 Å². The Bertz CT molecular complexity index is 844. The first-order valence-electron chi connectivity index (χ1n) is 8.87. The van der Waals surface area contributed by atoms with E-state index >= 15 is 0 Å². The largest absolute Gasteiger partial charge is 0.337 e. The predicted octanol–water partition coefficient (Wildman–Crippen LogP) is 4.85. The van der Waals surface area contributed by atoms with Crippen LogP contribution in [-0.4, -0.2) is 29.8 Å². The van der Waals surface area contributed by atoms with Crippen LogP contribution in [0.3, 0.4) is 0 Å². The summed E-state index contributed by atoms with van der Waals surface area (Å²) < 4.78 is 0.570. The van der Waals surface area contributed by atoms with Gasteiger partial charge < -0.3 is 10.2 Å². The SMILES string of the molecule is O=C(N/C(C(=O)N1CCCCC1)=C(/Br)c1ccccc1)c1ccc(Cl)cc1. The molecule has 0 saturated carbocycles. The normalized spacial score (nSPS) is 15.1. The molecule has 27 heavy (non-hydrogen) atoms. The van der Waals surface area contributed by atoms with Crippen molar-refractivity contribution >= 4 is 43.8 Å². The van der Waals surface area contributed by atoms with Gasteiger partial charge in [0.15, 0.2) is 0 Å². The van der Waals surface area contributed by atoms with Crippen molar-refractivity contribution in [1.82, 2.24) is 10.2 Å².